The molecule has 2 aliphatic rings. The van der Waals surface area contributed by atoms with E-state index in [0.29, 0.717) is 23.3 Å². The van der Waals surface area contributed by atoms with Gasteiger partial charge in [-0.3, -0.25) is 0 Å². The summed E-state index contributed by atoms with van der Waals surface area (Å²) in [5.41, 5.74) is 0. The van der Waals surface area contributed by atoms with Crippen LogP contribution in [0.15, 0.2) is 5.16 Å². The molecule has 3 atom stereocenters. The molecule has 1 aromatic heterocycles. The van der Waals surface area contributed by atoms with Crippen molar-refractivity contribution in [1.82, 2.24) is 25.5 Å². The molecule has 0 aliphatic heterocycles. The molecule has 0 bridgehead atoms. The van der Waals surface area contributed by atoms with Gasteiger partial charge in [-0.05, 0) is 55.0 Å². The third kappa shape index (κ3) is 2.94. The lowest BCUT2D eigenvalue weighted by Gasteiger charge is -2.20. The highest BCUT2D eigenvalue weighted by molar-refractivity contribution is 7.99. The molecule has 0 saturated heterocycles. The van der Waals surface area contributed by atoms with Gasteiger partial charge in [0, 0.05) is 11.3 Å². The van der Waals surface area contributed by atoms with Crippen molar-refractivity contribution in [2.75, 3.05) is 6.54 Å². The Morgan fingerprint density at radius 1 is 1.32 bits per heavy atom. The van der Waals surface area contributed by atoms with Gasteiger partial charge in [-0.2, -0.15) is 0 Å². The molecule has 2 saturated carbocycles. The first-order valence-electron chi connectivity index (χ1n) is 7.47. The Morgan fingerprint density at radius 3 is 2.89 bits per heavy atom. The van der Waals surface area contributed by atoms with Gasteiger partial charge in [-0.25, -0.2) is 4.68 Å². The quantitative estimate of drug-likeness (QED) is 0.867. The normalized spacial score (nSPS) is 30.9. The van der Waals surface area contributed by atoms with Crippen LogP contribution in [0.1, 0.15) is 52.0 Å². The molecule has 3 unspecified atom stereocenters. The topological polar surface area (TPSA) is 55.6 Å². The Balaban J connectivity index is 1.59. The van der Waals surface area contributed by atoms with E-state index in [4.69, 9.17) is 0 Å². The van der Waals surface area contributed by atoms with Crippen LogP contribution in [0.4, 0.5) is 0 Å². The molecule has 0 spiro atoms. The summed E-state index contributed by atoms with van der Waals surface area (Å²) in [6, 6.07) is 1.24. The van der Waals surface area contributed by atoms with Crippen LogP contribution in [0.3, 0.4) is 0 Å². The third-order valence-electron chi connectivity index (χ3n) is 4.25. The van der Waals surface area contributed by atoms with Crippen molar-refractivity contribution >= 4 is 11.8 Å². The van der Waals surface area contributed by atoms with E-state index in [-0.39, 0.29) is 0 Å². The Hall–Kier alpha value is -0.620. The molecule has 5 nitrogen and oxygen atoms in total. The maximum absolute atomic E-state index is 4.21. The van der Waals surface area contributed by atoms with Crippen LogP contribution in [0.25, 0.3) is 0 Å². The first-order chi connectivity index (χ1) is 9.29. The predicted octanol–water partition coefficient (Wildman–Crippen LogP) is 2.27. The largest absolute Gasteiger partial charge is 0.314 e. The minimum absolute atomic E-state index is 0.572. The first kappa shape index (κ1) is 13.4. The van der Waals surface area contributed by atoms with Crippen LogP contribution in [0.5, 0.6) is 0 Å². The summed E-state index contributed by atoms with van der Waals surface area (Å²) >= 11 is 1.88. The van der Waals surface area contributed by atoms with Crippen LogP contribution < -0.4 is 5.32 Å². The Bertz CT molecular complexity index is 417. The number of nitrogens with zero attached hydrogens (tertiary/aromatic N) is 4. The second-order valence-electron chi connectivity index (χ2n) is 5.79. The molecule has 0 radical (unpaired) electrons. The van der Waals surface area contributed by atoms with Crippen molar-refractivity contribution in [1.29, 1.82) is 0 Å². The van der Waals surface area contributed by atoms with Crippen LogP contribution >= 0.6 is 11.8 Å². The van der Waals surface area contributed by atoms with E-state index in [1.54, 1.807) is 0 Å². The van der Waals surface area contributed by atoms with Gasteiger partial charge in [0.15, 0.2) is 0 Å². The van der Waals surface area contributed by atoms with E-state index < -0.39 is 0 Å². The van der Waals surface area contributed by atoms with E-state index >= 15 is 0 Å². The molecule has 2 fully saturated rings. The van der Waals surface area contributed by atoms with Crippen LogP contribution in [-0.2, 0) is 0 Å². The smallest absolute Gasteiger partial charge is 0.209 e. The zero-order valence-electron chi connectivity index (χ0n) is 11.7. The number of hydrogen-bond acceptors (Lipinski definition) is 5. The van der Waals surface area contributed by atoms with Crippen molar-refractivity contribution in [3.05, 3.63) is 0 Å². The number of nitrogens with one attached hydrogen (secondary N) is 1. The molecule has 0 amide bonds. The van der Waals surface area contributed by atoms with E-state index in [1.165, 1.54) is 32.1 Å². The molecule has 106 valence electrons. The number of aromatic nitrogens is 4. The van der Waals surface area contributed by atoms with Crippen molar-refractivity contribution in [2.24, 2.45) is 5.92 Å². The van der Waals surface area contributed by atoms with Crippen LogP contribution in [0.2, 0.25) is 0 Å². The predicted molar refractivity (Wildman–Crippen MR) is 76.2 cm³/mol. The number of thioether (sulfide) groups is 1. The van der Waals surface area contributed by atoms with Gasteiger partial charge in [0.25, 0.3) is 0 Å². The molecule has 1 heterocycles. The summed E-state index contributed by atoms with van der Waals surface area (Å²) in [7, 11) is 0. The van der Waals surface area contributed by atoms with Gasteiger partial charge in [0.2, 0.25) is 5.16 Å². The summed E-state index contributed by atoms with van der Waals surface area (Å²) in [6.45, 7) is 5.72. The fraction of sp³-hybridized carbons (Fsp3) is 0.923. The Labute approximate surface area is 118 Å². The van der Waals surface area contributed by atoms with Crippen molar-refractivity contribution < 1.29 is 0 Å². The maximum atomic E-state index is 4.21. The molecule has 0 aromatic carbocycles. The van der Waals surface area contributed by atoms with E-state index in [9.17, 15) is 0 Å². The lowest BCUT2D eigenvalue weighted by Crippen LogP contribution is -2.33. The molecule has 19 heavy (non-hydrogen) atoms. The molecular weight excluding hydrogens is 258 g/mol. The summed E-state index contributed by atoms with van der Waals surface area (Å²) in [6.07, 6.45) is 6.23. The van der Waals surface area contributed by atoms with Crippen LogP contribution in [-0.4, -0.2) is 38.0 Å². The summed E-state index contributed by atoms with van der Waals surface area (Å²) in [4.78, 5) is 0. The maximum Gasteiger partial charge on any atom is 0.209 e. The Morgan fingerprint density at radius 2 is 2.16 bits per heavy atom. The SMILES string of the molecule is CCCNC1CCC(Sc2nnnn2C2CC2)C1C. The lowest BCUT2D eigenvalue weighted by atomic mass is 10.1. The standard InChI is InChI=1S/C13H23N5S/c1-3-8-14-11-6-7-12(9(11)2)19-13-15-16-17-18(13)10-4-5-10/h9-12,14H,3-8H2,1-2H3. The van der Waals surface area contributed by atoms with E-state index in [2.05, 4.69) is 34.7 Å². The van der Waals surface area contributed by atoms with Gasteiger partial charge in [-0.1, -0.05) is 25.6 Å². The van der Waals surface area contributed by atoms with Crippen LogP contribution in [0, 0.1) is 5.92 Å². The Kier molecular flexibility index (Phi) is 4.07. The third-order valence-corrected chi connectivity index (χ3v) is 5.70. The summed E-state index contributed by atoms with van der Waals surface area (Å²) in [5.74, 6) is 0.695. The first-order valence-corrected chi connectivity index (χ1v) is 8.35. The van der Waals surface area contributed by atoms with Crippen molar-refractivity contribution in [3.8, 4) is 0 Å². The molecule has 1 aromatic rings. The molecular formula is C13H23N5S. The van der Waals surface area contributed by atoms with E-state index in [0.717, 1.165) is 11.7 Å². The zero-order chi connectivity index (χ0) is 13.2. The highest BCUT2D eigenvalue weighted by Gasteiger charge is 2.35. The highest BCUT2D eigenvalue weighted by Crippen LogP contribution is 2.41. The molecule has 1 N–H and O–H groups in total. The highest BCUT2D eigenvalue weighted by atomic mass is 32.2. The van der Waals surface area contributed by atoms with Gasteiger partial charge >= 0.3 is 0 Å². The lowest BCUT2D eigenvalue weighted by molar-refractivity contribution is 0.431. The number of rotatable bonds is 6. The fourth-order valence-corrected chi connectivity index (χ4v) is 4.17. The number of tetrazole rings is 1. The number of hydrogen-bond donors (Lipinski definition) is 1. The van der Waals surface area contributed by atoms with E-state index in [1.807, 2.05) is 16.4 Å². The second kappa shape index (κ2) is 5.79. The van der Waals surface area contributed by atoms with Crippen molar-refractivity contribution in [3.63, 3.8) is 0 Å². The van der Waals surface area contributed by atoms with Gasteiger partial charge < -0.3 is 5.32 Å². The molecule has 6 heteroatoms. The average molecular weight is 281 g/mol. The molecule has 3 rings (SSSR count). The zero-order valence-corrected chi connectivity index (χ0v) is 12.6. The average Bonchev–Trinajstić information content (AvgIpc) is 3.07. The van der Waals surface area contributed by atoms with Gasteiger partial charge in [-0.15, -0.1) is 5.10 Å². The minimum atomic E-state index is 0.572. The summed E-state index contributed by atoms with van der Waals surface area (Å²) in [5, 5.41) is 17.5. The van der Waals surface area contributed by atoms with Crippen molar-refractivity contribution in [2.45, 2.75) is 68.4 Å². The summed E-state index contributed by atoms with van der Waals surface area (Å²) < 4.78 is 2.03. The minimum Gasteiger partial charge on any atom is -0.314 e. The van der Waals surface area contributed by atoms with Gasteiger partial charge in [0.05, 0.1) is 6.04 Å². The fourth-order valence-electron chi connectivity index (χ4n) is 2.86. The second-order valence-corrected chi connectivity index (χ2v) is 7.00. The molecule has 2 aliphatic carbocycles. The monoisotopic (exact) mass is 281 g/mol. The van der Waals surface area contributed by atoms with Gasteiger partial charge in [0.1, 0.15) is 0 Å².